The molecule has 1 aliphatic carbocycles. The Morgan fingerprint density at radius 2 is 1.78 bits per heavy atom. The van der Waals surface area contributed by atoms with Crippen LogP contribution in [0.15, 0.2) is 90.0 Å². The van der Waals surface area contributed by atoms with E-state index in [9.17, 15) is 24.6 Å². The van der Waals surface area contributed by atoms with Crippen molar-refractivity contribution in [3.05, 3.63) is 96.8 Å². The number of rotatable bonds is 6. The Bertz CT molecular complexity index is 2080. The zero-order valence-electron chi connectivity index (χ0n) is 25.7. The summed E-state index contributed by atoms with van der Waals surface area (Å²) >= 11 is 0. The zero-order chi connectivity index (χ0) is 32.3. The summed E-state index contributed by atoms with van der Waals surface area (Å²) in [6, 6.07) is 0. The summed E-state index contributed by atoms with van der Waals surface area (Å²) in [5, 5.41) is 21.3. The van der Waals surface area contributed by atoms with Gasteiger partial charge >= 0.3 is 11.9 Å². The number of hydrogen-bond acceptors (Lipinski definition) is 8. The van der Waals surface area contributed by atoms with Gasteiger partial charge in [0, 0.05) is 39.4 Å². The number of aliphatic hydroxyl groups excluding tert-OH is 1. The molecule has 3 N–H and O–H groups in total. The Labute approximate surface area is 259 Å². The van der Waals surface area contributed by atoms with E-state index in [1.165, 1.54) is 7.11 Å². The maximum Gasteiger partial charge on any atom is 0.321 e. The normalized spacial score (nSPS) is 21.2. The molecule has 228 valence electrons. The molecule has 1 aromatic heterocycles. The fourth-order valence-corrected chi connectivity index (χ4v) is 6.58. The molecular formula is C35H32N4O6. The molecule has 45 heavy (non-hydrogen) atoms. The number of aliphatic imine (C=N–C) groups is 3. The molecule has 1 saturated carbocycles. The standard InChI is InChI=1S/C35H32N4O6/c1-7-18-15(3)22-11-23-16(4)20(9-10-28(41)42)32(38-23)30-31(35(44)45-6)34(43)29-17(5)24(39-33(29)30)12-26-19(8-2)21(14-40)27(37-26)13-25(18)36-22/h7,11-14,31,36,40H,1,8-10H2,2-6H3,(H,41,42). The van der Waals surface area contributed by atoms with Crippen molar-refractivity contribution in [3.63, 3.8) is 0 Å². The molecule has 1 unspecified atom stereocenters. The number of fused-ring (bicyclic) bond motifs is 5. The second kappa shape index (κ2) is 11.0. The van der Waals surface area contributed by atoms with Crippen molar-refractivity contribution < 1.29 is 29.3 Å². The largest absolute Gasteiger partial charge is 0.515 e. The number of allylic oxidation sites excluding steroid dienone is 7. The molecule has 0 spiro atoms. The first-order valence-corrected chi connectivity index (χ1v) is 14.6. The van der Waals surface area contributed by atoms with E-state index < -0.39 is 23.6 Å². The van der Waals surface area contributed by atoms with Gasteiger partial charge in [-0.1, -0.05) is 19.6 Å². The number of carbonyl (C=O) groups is 3. The van der Waals surface area contributed by atoms with Gasteiger partial charge in [-0.3, -0.25) is 14.4 Å². The number of nitrogens with one attached hydrogen (secondary N) is 1. The number of aromatic amines is 1. The number of H-pyrrole nitrogens is 1. The minimum Gasteiger partial charge on any atom is -0.515 e. The van der Waals surface area contributed by atoms with Crippen LogP contribution in [0, 0.1) is 12.8 Å². The molecule has 0 saturated heterocycles. The van der Waals surface area contributed by atoms with Gasteiger partial charge in [0.2, 0.25) is 0 Å². The number of hydrogen-bond donors (Lipinski definition) is 3. The van der Waals surface area contributed by atoms with Crippen LogP contribution in [0.2, 0.25) is 0 Å². The Morgan fingerprint density at radius 3 is 2.42 bits per heavy atom. The number of ketones is 1. The number of carboxylic acids is 1. The highest BCUT2D eigenvalue weighted by Gasteiger charge is 2.50. The first-order valence-electron chi connectivity index (χ1n) is 14.6. The van der Waals surface area contributed by atoms with E-state index in [0.717, 1.165) is 39.2 Å². The highest BCUT2D eigenvalue weighted by atomic mass is 16.5. The van der Waals surface area contributed by atoms with E-state index in [0.29, 0.717) is 68.5 Å². The molecule has 5 aliphatic rings. The first kappa shape index (κ1) is 29.7. The average Bonchev–Trinajstić information content (AvgIpc) is 3.76. The van der Waals surface area contributed by atoms with Crippen LogP contribution in [-0.4, -0.2) is 57.2 Å². The summed E-state index contributed by atoms with van der Waals surface area (Å²) in [5.41, 5.74) is 8.56. The summed E-state index contributed by atoms with van der Waals surface area (Å²) in [6.07, 6.45) is 8.86. The second-order valence-electron chi connectivity index (χ2n) is 11.3. The lowest BCUT2D eigenvalue weighted by Gasteiger charge is -2.13. The molecule has 1 atom stereocenters. The third kappa shape index (κ3) is 4.47. The number of aliphatic hydroxyl groups is 1. The fourth-order valence-electron chi connectivity index (χ4n) is 6.58. The molecule has 4 aliphatic heterocycles. The third-order valence-corrected chi connectivity index (χ3v) is 8.96. The Hall–Kier alpha value is -5.38. The minimum atomic E-state index is -1.30. The topological polar surface area (TPSA) is 154 Å². The fraction of sp³-hybridized carbons (Fsp3) is 0.257. The Morgan fingerprint density at radius 1 is 1.04 bits per heavy atom. The van der Waals surface area contributed by atoms with Gasteiger partial charge in [0.25, 0.3) is 0 Å². The van der Waals surface area contributed by atoms with Crippen LogP contribution in [0.1, 0.15) is 51.2 Å². The van der Waals surface area contributed by atoms with Crippen LogP contribution in [0.3, 0.4) is 0 Å². The van der Waals surface area contributed by atoms with Crippen LogP contribution >= 0.6 is 0 Å². The molecule has 8 bridgehead atoms. The third-order valence-electron chi connectivity index (χ3n) is 8.96. The number of carbonyl (C=O) groups excluding carboxylic acids is 2. The monoisotopic (exact) mass is 604 g/mol. The van der Waals surface area contributed by atoms with Crippen molar-refractivity contribution in [2.45, 2.75) is 47.0 Å². The molecule has 6 rings (SSSR count). The number of nitrogens with zero attached hydrogens (tertiary/aromatic N) is 3. The zero-order valence-corrected chi connectivity index (χ0v) is 25.7. The van der Waals surface area contributed by atoms with Crippen molar-refractivity contribution in [3.8, 4) is 0 Å². The quantitative estimate of drug-likeness (QED) is 0.253. The van der Waals surface area contributed by atoms with Crippen LogP contribution < -0.4 is 10.7 Å². The molecule has 10 heteroatoms. The molecule has 1 fully saturated rings. The van der Waals surface area contributed by atoms with Gasteiger partial charge < -0.3 is 19.9 Å². The Kier molecular flexibility index (Phi) is 7.23. The lowest BCUT2D eigenvalue weighted by molar-refractivity contribution is -0.146. The van der Waals surface area contributed by atoms with Crippen LogP contribution in [-0.2, 0) is 19.1 Å². The predicted molar refractivity (Wildman–Crippen MR) is 172 cm³/mol. The van der Waals surface area contributed by atoms with Gasteiger partial charge in [0.15, 0.2) is 5.78 Å². The SMILES string of the molecule is C=Cc1c(C)c2[nH]c1=CC1=NC(=C(CC)C1=CO)C=C1N=C3C(=C1C)C(=O)C(C(=O)OC)C3=C1N=C(C=2)C(C)=C1CCC(=O)O. The van der Waals surface area contributed by atoms with Gasteiger partial charge in [0.1, 0.15) is 5.92 Å². The molecule has 0 radical (unpaired) electrons. The lowest BCUT2D eigenvalue weighted by Crippen LogP contribution is -2.23. The van der Waals surface area contributed by atoms with Gasteiger partial charge in [-0.25, -0.2) is 15.0 Å². The van der Waals surface area contributed by atoms with Crippen molar-refractivity contribution in [1.82, 2.24) is 4.98 Å². The molecule has 5 heterocycles. The number of esters is 1. The van der Waals surface area contributed by atoms with Crippen molar-refractivity contribution in [1.29, 1.82) is 0 Å². The Balaban J connectivity index is 1.76. The number of carboxylic acid groups (broad SMARTS) is 1. The summed E-state index contributed by atoms with van der Waals surface area (Å²) in [5.74, 6) is -3.46. The molecule has 0 aromatic carbocycles. The summed E-state index contributed by atoms with van der Waals surface area (Å²) in [6.45, 7) is 11.6. The van der Waals surface area contributed by atoms with Crippen molar-refractivity contribution in [2.75, 3.05) is 7.11 Å². The van der Waals surface area contributed by atoms with Crippen molar-refractivity contribution >= 4 is 53.1 Å². The van der Waals surface area contributed by atoms with Gasteiger partial charge in [-0.2, -0.15) is 0 Å². The number of methoxy groups -OCH3 is 1. The number of aromatic nitrogens is 1. The van der Waals surface area contributed by atoms with Gasteiger partial charge in [0.05, 0.1) is 47.6 Å². The van der Waals surface area contributed by atoms with Gasteiger partial charge in [-0.15, -0.1) is 0 Å². The van der Waals surface area contributed by atoms with E-state index in [1.54, 1.807) is 19.1 Å². The maximum atomic E-state index is 14.0. The van der Waals surface area contributed by atoms with Crippen LogP contribution in [0.5, 0.6) is 0 Å². The van der Waals surface area contributed by atoms with E-state index in [4.69, 9.17) is 19.7 Å². The number of aliphatic carboxylic acids is 1. The smallest absolute Gasteiger partial charge is 0.321 e. The van der Waals surface area contributed by atoms with E-state index in [-0.39, 0.29) is 12.8 Å². The molecule has 10 nitrogen and oxygen atoms in total. The van der Waals surface area contributed by atoms with E-state index >= 15 is 0 Å². The number of ether oxygens (including phenoxy) is 1. The number of Topliss-reactive ketones (excluding diaryl/α,β-unsaturated/α-hetero) is 1. The van der Waals surface area contributed by atoms with Crippen molar-refractivity contribution in [2.24, 2.45) is 20.9 Å². The predicted octanol–water partition coefficient (Wildman–Crippen LogP) is 4.02. The highest BCUT2D eigenvalue weighted by molar-refractivity contribution is 6.43. The second-order valence-corrected chi connectivity index (χ2v) is 11.3. The summed E-state index contributed by atoms with van der Waals surface area (Å²) < 4.78 is 5.09. The highest BCUT2D eigenvalue weighted by Crippen LogP contribution is 2.46. The summed E-state index contributed by atoms with van der Waals surface area (Å²) in [4.78, 5) is 57.0. The molecule has 0 amide bonds. The van der Waals surface area contributed by atoms with Gasteiger partial charge in [-0.05, 0) is 79.7 Å². The molecular weight excluding hydrogens is 572 g/mol. The first-order chi connectivity index (χ1) is 21.5. The van der Waals surface area contributed by atoms with E-state index in [2.05, 4.69) is 11.6 Å². The average molecular weight is 605 g/mol. The summed E-state index contributed by atoms with van der Waals surface area (Å²) in [7, 11) is 1.23. The van der Waals surface area contributed by atoms with Crippen LogP contribution in [0.25, 0.3) is 18.2 Å². The van der Waals surface area contributed by atoms with Crippen LogP contribution in [0.4, 0.5) is 0 Å². The lowest BCUT2D eigenvalue weighted by atomic mass is 9.93. The van der Waals surface area contributed by atoms with E-state index in [1.807, 2.05) is 32.9 Å². The maximum absolute atomic E-state index is 14.0. The molecule has 1 aromatic rings. The minimum absolute atomic E-state index is 0.137.